The topological polar surface area (TPSA) is 103 Å². The zero-order valence-electron chi connectivity index (χ0n) is 17.4. The van der Waals surface area contributed by atoms with Gasteiger partial charge in [-0.15, -0.1) is 0 Å². The standard InChI is InChI=1S/C23H18F3N5O2/c1-33-19-9-7-15(12-28-19)30-21-29-13-17(23(24,25)26)18(31-21)8-6-14-4-2-3-5-16(14)22(10-11-22)20(27)32/h2-5,7,9,12-13H,10-11H2,1H3,(H2,27,32)(H,29,30,31). The average Bonchev–Trinajstić information content (AvgIpc) is 3.60. The number of benzene rings is 1. The van der Waals surface area contributed by atoms with Gasteiger partial charge in [-0.05, 0) is 36.5 Å². The van der Waals surface area contributed by atoms with Crippen molar-refractivity contribution in [1.29, 1.82) is 0 Å². The predicted molar refractivity (Wildman–Crippen MR) is 114 cm³/mol. The van der Waals surface area contributed by atoms with Gasteiger partial charge in [0, 0.05) is 17.8 Å². The number of aromatic nitrogens is 3. The third kappa shape index (κ3) is 4.57. The largest absolute Gasteiger partial charge is 0.481 e. The van der Waals surface area contributed by atoms with Crippen LogP contribution in [0.15, 0.2) is 48.8 Å². The van der Waals surface area contributed by atoms with Gasteiger partial charge in [0.05, 0.1) is 24.4 Å². The Balaban J connectivity index is 1.71. The SMILES string of the molecule is COc1ccc(Nc2ncc(C(F)(F)F)c(C#Cc3ccccc3C3(C(N)=O)CC3)n2)cn1. The van der Waals surface area contributed by atoms with Crippen LogP contribution in [0.4, 0.5) is 24.8 Å². The lowest BCUT2D eigenvalue weighted by molar-refractivity contribution is -0.138. The number of halogens is 3. The van der Waals surface area contributed by atoms with Gasteiger partial charge in [-0.3, -0.25) is 4.79 Å². The summed E-state index contributed by atoms with van der Waals surface area (Å²) in [7, 11) is 1.46. The Morgan fingerprint density at radius 2 is 1.88 bits per heavy atom. The number of alkyl halides is 3. The summed E-state index contributed by atoms with van der Waals surface area (Å²) in [6.45, 7) is 0. The number of carbonyl (C=O) groups excluding carboxylic acids is 1. The van der Waals surface area contributed by atoms with Gasteiger partial charge in [0.2, 0.25) is 17.7 Å². The van der Waals surface area contributed by atoms with Crippen molar-refractivity contribution in [3.8, 4) is 17.7 Å². The fourth-order valence-corrected chi connectivity index (χ4v) is 3.36. The fraction of sp³-hybridized carbons (Fsp3) is 0.217. The van der Waals surface area contributed by atoms with Crippen molar-refractivity contribution in [2.45, 2.75) is 24.4 Å². The van der Waals surface area contributed by atoms with Crippen LogP contribution < -0.4 is 15.8 Å². The molecule has 0 unspecified atom stereocenters. The highest BCUT2D eigenvalue weighted by atomic mass is 19.4. The number of nitrogens with one attached hydrogen (secondary N) is 1. The molecule has 4 rings (SSSR count). The molecule has 1 fully saturated rings. The molecule has 1 aliphatic carbocycles. The van der Waals surface area contributed by atoms with E-state index in [1.807, 2.05) is 0 Å². The lowest BCUT2D eigenvalue weighted by Gasteiger charge is -2.13. The first kappa shape index (κ1) is 22.1. The van der Waals surface area contributed by atoms with E-state index < -0.39 is 28.8 Å². The second-order valence-corrected chi connectivity index (χ2v) is 7.41. The number of ether oxygens (including phenoxy) is 1. The first-order valence-corrected chi connectivity index (χ1v) is 9.86. The van der Waals surface area contributed by atoms with Crippen molar-refractivity contribution in [2.75, 3.05) is 12.4 Å². The van der Waals surface area contributed by atoms with Crippen LogP contribution in [0, 0.1) is 11.8 Å². The maximum absolute atomic E-state index is 13.5. The molecular weight excluding hydrogens is 435 g/mol. The minimum Gasteiger partial charge on any atom is -0.481 e. The number of nitrogens with zero attached hydrogens (tertiary/aromatic N) is 3. The van der Waals surface area contributed by atoms with Gasteiger partial charge in [0.25, 0.3) is 0 Å². The first-order chi connectivity index (χ1) is 15.7. The van der Waals surface area contributed by atoms with Gasteiger partial charge in [-0.2, -0.15) is 13.2 Å². The van der Waals surface area contributed by atoms with Gasteiger partial charge in [-0.1, -0.05) is 24.1 Å². The lowest BCUT2D eigenvalue weighted by Crippen LogP contribution is -2.29. The number of carbonyl (C=O) groups is 1. The summed E-state index contributed by atoms with van der Waals surface area (Å²) >= 11 is 0. The predicted octanol–water partition coefficient (Wildman–Crippen LogP) is 3.56. The van der Waals surface area contributed by atoms with E-state index in [2.05, 4.69) is 32.1 Å². The molecule has 1 aliphatic rings. The van der Waals surface area contributed by atoms with Crippen molar-refractivity contribution in [3.63, 3.8) is 0 Å². The number of nitrogens with two attached hydrogens (primary N) is 1. The van der Waals surface area contributed by atoms with Crippen molar-refractivity contribution in [3.05, 3.63) is 71.2 Å². The van der Waals surface area contributed by atoms with Crippen LogP contribution in [-0.2, 0) is 16.4 Å². The van der Waals surface area contributed by atoms with E-state index in [9.17, 15) is 18.0 Å². The molecule has 0 spiro atoms. The highest BCUT2D eigenvalue weighted by molar-refractivity contribution is 5.90. The molecule has 0 atom stereocenters. The molecule has 0 saturated heterocycles. The number of hydrogen-bond donors (Lipinski definition) is 2. The quantitative estimate of drug-likeness (QED) is 0.573. The summed E-state index contributed by atoms with van der Waals surface area (Å²) in [6, 6.07) is 9.99. The normalized spacial score (nSPS) is 14.1. The number of pyridine rings is 1. The van der Waals surface area contributed by atoms with Crippen LogP contribution in [0.3, 0.4) is 0 Å². The van der Waals surface area contributed by atoms with Crippen molar-refractivity contribution in [2.24, 2.45) is 5.73 Å². The lowest BCUT2D eigenvalue weighted by atomic mass is 9.91. The summed E-state index contributed by atoms with van der Waals surface area (Å²) in [5, 5.41) is 2.80. The number of amides is 1. The van der Waals surface area contributed by atoms with Crippen LogP contribution in [0.2, 0.25) is 0 Å². The monoisotopic (exact) mass is 453 g/mol. The van der Waals surface area contributed by atoms with Gasteiger partial charge >= 0.3 is 6.18 Å². The summed E-state index contributed by atoms with van der Waals surface area (Å²) < 4.78 is 45.6. The van der Waals surface area contributed by atoms with E-state index in [1.54, 1.807) is 36.4 Å². The van der Waals surface area contributed by atoms with Crippen LogP contribution >= 0.6 is 0 Å². The number of rotatable bonds is 5. The molecule has 0 bridgehead atoms. The molecule has 0 radical (unpaired) electrons. The van der Waals surface area contributed by atoms with E-state index in [0.29, 0.717) is 41.7 Å². The molecular formula is C23H18F3N5O2. The Morgan fingerprint density at radius 3 is 2.48 bits per heavy atom. The van der Waals surface area contributed by atoms with E-state index in [4.69, 9.17) is 10.5 Å². The molecule has 2 heterocycles. The van der Waals surface area contributed by atoms with Gasteiger partial charge in [0.1, 0.15) is 11.3 Å². The molecule has 33 heavy (non-hydrogen) atoms. The molecule has 0 aliphatic heterocycles. The fourth-order valence-electron chi connectivity index (χ4n) is 3.36. The number of methoxy groups -OCH3 is 1. The van der Waals surface area contributed by atoms with E-state index in [0.717, 1.165) is 0 Å². The molecule has 3 aromatic rings. The molecule has 3 N–H and O–H groups in total. The van der Waals surface area contributed by atoms with Crippen LogP contribution in [0.25, 0.3) is 0 Å². The van der Waals surface area contributed by atoms with Crippen molar-refractivity contribution in [1.82, 2.24) is 15.0 Å². The summed E-state index contributed by atoms with van der Waals surface area (Å²) in [4.78, 5) is 23.7. The third-order valence-corrected chi connectivity index (χ3v) is 5.28. The third-order valence-electron chi connectivity index (χ3n) is 5.28. The number of anilines is 2. The summed E-state index contributed by atoms with van der Waals surface area (Å²) in [5.41, 5.74) is 4.65. The Hall–Kier alpha value is -4.13. The maximum atomic E-state index is 13.5. The Labute approximate surface area is 187 Å². The minimum absolute atomic E-state index is 0.0802. The number of hydrogen-bond acceptors (Lipinski definition) is 6. The van der Waals surface area contributed by atoms with Crippen LogP contribution in [-0.4, -0.2) is 28.0 Å². The van der Waals surface area contributed by atoms with Crippen molar-refractivity contribution >= 4 is 17.5 Å². The summed E-state index contributed by atoms with van der Waals surface area (Å²) in [6.07, 6.45) is -1.44. The summed E-state index contributed by atoms with van der Waals surface area (Å²) in [5.74, 6) is 5.08. The molecule has 1 saturated carbocycles. The molecule has 2 aromatic heterocycles. The molecule has 168 valence electrons. The molecule has 1 amide bonds. The second-order valence-electron chi connectivity index (χ2n) is 7.41. The van der Waals surface area contributed by atoms with Crippen molar-refractivity contribution < 1.29 is 22.7 Å². The zero-order valence-corrected chi connectivity index (χ0v) is 17.4. The minimum atomic E-state index is -4.70. The molecule has 10 heteroatoms. The highest BCUT2D eigenvalue weighted by Crippen LogP contribution is 2.49. The van der Waals surface area contributed by atoms with E-state index in [-0.39, 0.29) is 5.95 Å². The highest BCUT2D eigenvalue weighted by Gasteiger charge is 2.51. The second kappa shape index (κ2) is 8.43. The Morgan fingerprint density at radius 1 is 1.12 bits per heavy atom. The van der Waals surface area contributed by atoms with E-state index >= 15 is 0 Å². The van der Waals surface area contributed by atoms with Crippen LogP contribution in [0.1, 0.15) is 35.2 Å². The Kier molecular flexibility index (Phi) is 5.64. The van der Waals surface area contributed by atoms with Gasteiger partial charge in [0.15, 0.2) is 0 Å². The smallest absolute Gasteiger partial charge is 0.420 e. The van der Waals surface area contributed by atoms with Gasteiger partial charge < -0.3 is 15.8 Å². The maximum Gasteiger partial charge on any atom is 0.420 e. The molecule has 7 nitrogen and oxygen atoms in total. The first-order valence-electron chi connectivity index (χ1n) is 9.86. The Bertz CT molecular complexity index is 1260. The van der Waals surface area contributed by atoms with E-state index in [1.165, 1.54) is 13.3 Å². The zero-order chi connectivity index (χ0) is 23.6. The van der Waals surface area contributed by atoms with Crippen LogP contribution in [0.5, 0.6) is 5.88 Å². The molecule has 1 aromatic carbocycles. The number of primary amides is 1. The average molecular weight is 453 g/mol. The van der Waals surface area contributed by atoms with Gasteiger partial charge in [-0.25, -0.2) is 15.0 Å².